The van der Waals surface area contributed by atoms with E-state index in [1.165, 1.54) is 17.0 Å². The van der Waals surface area contributed by atoms with Crippen LogP contribution in [0.2, 0.25) is 0 Å². The van der Waals surface area contributed by atoms with E-state index in [-0.39, 0.29) is 30.0 Å². The van der Waals surface area contributed by atoms with Gasteiger partial charge in [-0.3, -0.25) is 4.79 Å². The summed E-state index contributed by atoms with van der Waals surface area (Å²) in [5.41, 5.74) is 0.622. The maximum atomic E-state index is 12.8. The summed E-state index contributed by atoms with van der Waals surface area (Å²) >= 11 is 0. The summed E-state index contributed by atoms with van der Waals surface area (Å²) in [6.45, 7) is 7.62. The van der Waals surface area contributed by atoms with Gasteiger partial charge in [0.15, 0.2) is 6.04 Å². The lowest BCUT2D eigenvalue weighted by Crippen LogP contribution is -3.19. The highest BCUT2D eigenvalue weighted by Gasteiger charge is 2.32. The highest BCUT2D eigenvalue weighted by molar-refractivity contribution is 5.93. The Kier molecular flexibility index (Phi) is 4.73. The third kappa shape index (κ3) is 3.77. The molecule has 4 nitrogen and oxygen atoms in total. The average molecular weight is 281 g/mol. The summed E-state index contributed by atoms with van der Waals surface area (Å²) in [5, 5.41) is 2.83. The van der Waals surface area contributed by atoms with Crippen molar-refractivity contribution in [3.05, 3.63) is 30.1 Å². The highest BCUT2D eigenvalue weighted by Crippen LogP contribution is 2.08. The van der Waals surface area contributed by atoms with Crippen LogP contribution in [0.1, 0.15) is 20.8 Å². The van der Waals surface area contributed by atoms with Crippen molar-refractivity contribution in [3.63, 3.8) is 0 Å². The number of nitrogens with one attached hydrogen (secondary N) is 2. The van der Waals surface area contributed by atoms with Crippen molar-refractivity contribution >= 4 is 11.6 Å². The quantitative estimate of drug-likeness (QED) is 0.862. The maximum Gasteiger partial charge on any atom is 0.282 e. The summed E-state index contributed by atoms with van der Waals surface area (Å²) in [6, 6.07) is 5.66. The first-order chi connectivity index (χ1) is 9.45. The van der Waals surface area contributed by atoms with Crippen LogP contribution in [0, 0.1) is 5.82 Å². The van der Waals surface area contributed by atoms with Crippen LogP contribution in [-0.2, 0) is 9.53 Å². The number of carbonyl (C=O) groups excluding carboxylic acids is 1. The molecule has 3 atom stereocenters. The Bertz CT molecular complexity index is 453. The van der Waals surface area contributed by atoms with Gasteiger partial charge in [-0.25, -0.2) is 4.39 Å². The molecule has 1 aromatic carbocycles. The summed E-state index contributed by atoms with van der Waals surface area (Å²) in [5.74, 6) is -0.356. The molecule has 1 fully saturated rings. The molecule has 1 aromatic rings. The Morgan fingerprint density at radius 1 is 1.30 bits per heavy atom. The second-order valence-corrected chi connectivity index (χ2v) is 5.54. The first kappa shape index (κ1) is 14.9. The molecule has 0 aliphatic carbocycles. The van der Waals surface area contributed by atoms with Gasteiger partial charge in [0.25, 0.3) is 5.91 Å². The van der Waals surface area contributed by atoms with Crippen LogP contribution in [-0.4, -0.2) is 37.2 Å². The number of morpholine rings is 1. The first-order valence-electron chi connectivity index (χ1n) is 7.02. The zero-order valence-electron chi connectivity index (χ0n) is 12.2. The summed E-state index contributed by atoms with van der Waals surface area (Å²) in [4.78, 5) is 13.5. The maximum absolute atomic E-state index is 12.8. The normalized spacial score (nSPS) is 27.9. The molecule has 1 aliphatic heterocycles. The van der Waals surface area contributed by atoms with Gasteiger partial charge in [-0.1, -0.05) is 0 Å². The smallest absolute Gasteiger partial charge is 0.282 e. The van der Waals surface area contributed by atoms with Crippen molar-refractivity contribution in [2.24, 2.45) is 0 Å². The topological polar surface area (TPSA) is 42.8 Å². The molecule has 0 radical (unpaired) electrons. The molecule has 20 heavy (non-hydrogen) atoms. The molecule has 2 rings (SSSR count). The number of carbonyl (C=O) groups is 1. The largest absolute Gasteiger partial charge is 0.364 e. The first-order valence-corrected chi connectivity index (χ1v) is 7.02. The van der Waals surface area contributed by atoms with E-state index >= 15 is 0 Å². The lowest BCUT2D eigenvalue weighted by molar-refractivity contribution is -0.928. The van der Waals surface area contributed by atoms with Crippen molar-refractivity contribution in [1.82, 2.24) is 0 Å². The van der Waals surface area contributed by atoms with Crippen LogP contribution in [0.25, 0.3) is 0 Å². The molecule has 5 heteroatoms. The van der Waals surface area contributed by atoms with E-state index in [4.69, 9.17) is 4.74 Å². The molecule has 1 amide bonds. The summed E-state index contributed by atoms with van der Waals surface area (Å²) < 4.78 is 18.5. The fourth-order valence-corrected chi connectivity index (χ4v) is 2.64. The van der Waals surface area contributed by atoms with Gasteiger partial charge < -0.3 is 15.0 Å². The summed E-state index contributed by atoms with van der Waals surface area (Å²) in [6.07, 6.45) is 0.324. The van der Waals surface area contributed by atoms with Gasteiger partial charge in [0, 0.05) is 5.69 Å². The molecule has 1 heterocycles. The molecule has 0 bridgehead atoms. The Balaban J connectivity index is 1.96. The molecule has 0 saturated carbocycles. The minimum absolute atomic E-state index is 0.0482. The number of halogens is 1. The van der Waals surface area contributed by atoms with E-state index in [1.54, 1.807) is 12.1 Å². The van der Waals surface area contributed by atoms with Crippen LogP contribution in [0.15, 0.2) is 24.3 Å². The third-order valence-corrected chi connectivity index (χ3v) is 3.68. The average Bonchev–Trinajstić information content (AvgIpc) is 2.39. The van der Waals surface area contributed by atoms with Crippen molar-refractivity contribution in [3.8, 4) is 0 Å². The van der Waals surface area contributed by atoms with Gasteiger partial charge in [-0.2, -0.15) is 0 Å². The lowest BCUT2D eigenvalue weighted by atomic mass is 10.1. The number of hydrogen-bond donors (Lipinski definition) is 2. The van der Waals surface area contributed by atoms with Crippen LogP contribution < -0.4 is 10.2 Å². The van der Waals surface area contributed by atoms with E-state index in [0.717, 1.165) is 13.1 Å². The van der Waals surface area contributed by atoms with Gasteiger partial charge >= 0.3 is 0 Å². The molecular weight excluding hydrogens is 259 g/mol. The molecule has 1 aliphatic rings. The number of ether oxygens (including phenoxy) is 1. The van der Waals surface area contributed by atoms with Crippen molar-refractivity contribution in [2.75, 3.05) is 18.4 Å². The minimum Gasteiger partial charge on any atom is -0.364 e. The zero-order chi connectivity index (χ0) is 14.7. The van der Waals surface area contributed by atoms with E-state index in [0.29, 0.717) is 5.69 Å². The predicted octanol–water partition coefficient (Wildman–Crippen LogP) is 0.845. The molecular formula is C15H22FN2O2+. The van der Waals surface area contributed by atoms with Gasteiger partial charge in [0.05, 0.1) is 0 Å². The highest BCUT2D eigenvalue weighted by atomic mass is 19.1. The predicted molar refractivity (Wildman–Crippen MR) is 75.2 cm³/mol. The van der Waals surface area contributed by atoms with Crippen molar-refractivity contribution in [1.29, 1.82) is 0 Å². The van der Waals surface area contributed by atoms with E-state index in [2.05, 4.69) is 5.32 Å². The minimum atomic E-state index is -0.308. The molecule has 0 unspecified atom stereocenters. The SMILES string of the molecule is C[C@@H]1C[NH+]([C@@H](C)C(=O)Nc2ccc(F)cc2)C[C@@H](C)O1. The van der Waals surface area contributed by atoms with Gasteiger partial charge in [-0.15, -0.1) is 0 Å². The Hall–Kier alpha value is -1.46. The zero-order valence-corrected chi connectivity index (χ0v) is 12.2. The van der Waals surface area contributed by atoms with E-state index in [9.17, 15) is 9.18 Å². The number of rotatable bonds is 3. The Morgan fingerprint density at radius 3 is 2.40 bits per heavy atom. The third-order valence-electron chi connectivity index (χ3n) is 3.68. The number of amides is 1. The molecule has 2 N–H and O–H groups in total. The standard InChI is InChI=1S/C15H21FN2O2/c1-10-8-18(9-11(2)20-10)12(3)15(19)17-14-6-4-13(16)5-7-14/h4-7,10-12H,8-9H2,1-3H3,(H,17,19)/p+1/t10-,11-,12+/m1/s1. The van der Waals surface area contributed by atoms with Crippen molar-refractivity contribution < 1.29 is 18.8 Å². The summed E-state index contributed by atoms with van der Waals surface area (Å²) in [7, 11) is 0. The number of quaternary nitrogens is 1. The van der Waals surface area contributed by atoms with E-state index < -0.39 is 0 Å². The lowest BCUT2D eigenvalue weighted by Gasteiger charge is -2.35. The molecule has 0 spiro atoms. The van der Waals surface area contributed by atoms with Gasteiger partial charge in [0.1, 0.15) is 31.1 Å². The van der Waals surface area contributed by atoms with E-state index in [1.807, 2.05) is 20.8 Å². The van der Waals surface area contributed by atoms with Gasteiger partial charge in [-0.05, 0) is 45.0 Å². The second kappa shape index (κ2) is 6.33. The van der Waals surface area contributed by atoms with Crippen molar-refractivity contribution in [2.45, 2.75) is 39.0 Å². The monoisotopic (exact) mass is 281 g/mol. The molecule has 1 saturated heterocycles. The Labute approximate surface area is 118 Å². The fraction of sp³-hybridized carbons (Fsp3) is 0.533. The Morgan fingerprint density at radius 2 is 1.85 bits per heavy atom. The molecule has 110 valence electrons. The number of anilines is 1. The fourth-order valence-electron chi connectivity index (χ4n) is 2.64. The van der Waals surface area contributed by atoms with Crippen LogP contribution in [0.5, 0.6) is 0 Å². The van der Waals surface area contributed by atoms with Gasteiger partial charge in [0.2, 0.25) is 0 Å². The molecule has 0 aromatic heterocycles. The van der Waals surface area contributed by atoms with Crippen LogP contribution >= 0.6 is 0 Å². The van der Waals surface area contributed by atoms with Crippen LogP contribution in [0.4, 0.5) is 10.1 Å². The number of hydrogen-bond acceptors (Lipinski definition) is 2. The second-order valence-electron chi connectivity index (χ2n) is 5.54. The van der Waals surface area contributed by atoms with Crippen LogP contribution in [0.3, 0.4) is 0 Å². The number of benzene rings is 1.